The van der Waals surface area contributed by atoms with Gasteiger partial charge in [0.2, 0.25) is 5.91 Å². The van der Waals surface area contributed by atoms with Crippen molar-refractivity contribution in [3.8, 4) is 0 Å². The fourth-order valence-corrected chi connectivity index (χ4v) is 5.70. The number of nitrogens with zero attached hydrogens (tertiary/aromatic N) is 3. The van der Waals surface area contributed by atoms with E-state index >= 15 is 0 Å². The zero-order valence-corrected chi connectivity index (χ0v) is 17.9. The number of nitrogens with two attached hydrogens (primary N) is 1. The van der Waals surface area contributed by atoms with Crippen molar-refractivity contribution in [3.05, 3.63) is 39.3 Å². The van der Waals surface area contributed by atoms with Crippen LogP contribution in [0.4, 0.5) is 13.2 Å². The van der Waals surface area contributed by atoms with Gasteiger partial charge in [-0.05, 0) is 25.8 Å². The Labute approximate surface area is 181 Å². The summed E-state index contributed by atoms with van der Waals surface area (Å²) in [5, 5.41) is 14.5. The lowest BCUT2D eigenvalue weighted by Crippen LogP contribution is -2.50. The van der Waals surface area contributed by atoms with Crippen molar-refractivity contribution in [2.75, 3.05) is 13.2 Å². The van der Waals surface area contributed by atoms with E-state index in [-0.39, 0.29) is 25.0 Å². The van der Waals surface area contributed by atoms with Gasteiger partial charge in [-0.1, -0.05) is 0 Å². The van der Waals surface area contributed by atoms with Crippen LogP contribution < -0.4 is 5.73 Å². The van der Waals surface area contributed by atoms with Crippen LogP contribution in [0.5, 0.6) is 0 Å². The van der Waals surface area contributed by atoms with Crippen LogP contribution in [0.15, 0.2) is 18.5 Å². The first-order valence-corrected chi connectivity index (χ1v) is 11.0. The number of piperidine rings is 1. The molecule has 3 atom stereocenters. The third-order valence-corrected chi connectivity index (χ3v) is 7.42. The smallest absolute Gasteiger partial charge is 0.386 e. The van der Waals surface area contributed by atoms with Crippen molar-refractivity contribution in [1.29, 1.82) is 0 Å². The van der Waals surface area contributed by atoms with E-state index in [4.69, 9.17) is 10.5 Å². The standard InChI is InChI=1S/C20H25F3N4O3S/c1-12-7-19(18-14(15(28)11-30-19)6-16(31-18)20(21,22)23)3-5-26(12)9-13-8-25-27(10-13)4-2-17(24)29/h6,8,10,12,15,28H,2-5,7,9,11H2,1H3,(H2,24,29)/t12-,15+,19+/m0/s1. The van der Waals surface area contributed by atoms with E-state index in [1.165, 1.54) is 0 Å². The largest absolute Gasteiger partial charge is 0.425 e. The minimum atomic E-state index is -4.44. The van der Waals surface area contributed by atoms with Gasteiger partial charge in [-0.3, -0.25) is 14.4 Å². The highest BCUT2D eigenvalue weighted by Crippen LogP contribution is 2.51. The second kappa shape index (κ2) is 8.19. The number of aromatic nitrogens is 2. The first kappa shape index (κ1) is 22.3. The number of ether oxygens (including phenoxy) is 1. The molecule has 2 aliphatic heterocycles. The quantitative estimate of drug-likeness (QED) is 0.719. The molecule has 2 aromatic heterocycles. The van der Waals surface area contributed by atoms with Gasteiger partial charge >= 0.3 is 6.18 Å². The van der Waals surface area contributed by atoms with Crippen molar-refractivity contribution in [3.63, 3.8) is 0 Å². The Kier molecular flexibility index (Phi) is 5.88. The SMILES string of the molecule is C[C@H]1C[C@@]2(CCN1Cc1cnn(CCC(N)=O)c1)OC[C@@H](O)c1cc(C(F)(F)F)sc12. The molecule has 0 aromatic carbocycles. The van der Waals surface area contributed by atoms with E-state index in [1.807, 2.05) is 13.1 Å². The molecule has 1 spiro atoms. The number of thiophene rings is 1. The van der Waals surface area contributed by atoms with Gasteiger partial charge in [0, 0.05) is 54.3 Å². The summed E-state index contributed by atoms with van der Waals surface area (Å²) >= 11 is 0.690. The van der Waals surface area contributed by atoms with Crippen LogP contribution in [0.2, 0.25) is 0 Å². The summed E-state index contributed by atoms with van der Waals surface area (Å²) in [6, 6.07) is 1.13. The predicted molar refractivity (Wildman–Crippen MR) is 107 cm³/mol. The van der Waals surface area contributed by atoms with Gasteiger partial charge in [-0.15, -0.1) is 11.3 Å². The Bertz CT molecular complexity index is 960. The summed E-state index contributed by atoms with van der Waals surface area (Å²) in [4.78, 5) is 13.0. The van der Waals surface area contributed by atoms with E-state index in [2.05, 4.69) is 10.00 Å². The number of primary amides is 1. The molecular weight excluding hydrogens is 433 g/mol. The van der Waals surface area contributed by atoms with E-state index in [0.717, 1.165) is 11.6 Å². The fraction of sp³-hybridized carbons (Fsp3) is 0.600. The Balaban J connectivity index is 1.48. The molecule has 0 bridgehead atoms. The lowest BCUT2D eigenvalue weighted by Gasteiger charge is -2.47. The molecule has 11 heteroatoms. The molecule has 0 saturated carbocycles. The monoisotopic (exact) mass is 458 g/mol. The third kappa shape index (κ3) is 4.50. The molecule has 1 amide bonds. The van der Waals surface area contributed by atoms with Crippen LogP contribution in [-0.4, -0.2) is 44.9 Å². The number of alkyl halides is 3. The van der Waals surface area contributed by atoms with Gasteiger partial charge in [0.15, 0.2) is 0 Å². The molecular formula is C20H25F3N4O3S. The second-order valence-corrected chi connectivity index (χ2v) is 9.37. The maximum Gasteiger partial charge on any atom is 0.425 e. The van der Waals surface area contributed by atoms with Gasteiger partial charge in [-0.2, -0.15) is 18.3 Å². The Morgan fingerprint density at radius 3 is 2.94 bits per heavy atom. The van der Waals surface area contributed by atoms with Gasteiger partial charge in [0.05, 0.1) is 12.8 Å². The van der Waals surface area contributed by atoms with Crippen molar-refractivity contribution in [1.82, 2.24) is 14.7 Å². The van der Waals surface area contributed by atoms with Gasteiger partial charge < -0.3 is 15.6 Å². The average molecular weight is 459 g/mol. The Morgan fingerprint density at radius 2 is 2.26 bits per heavy atom. The first-order valence-electron chi connectivity index (χ1n) is 10.1. The average Bonchev–Trinajstić information content (AvgIpc) is 3.33. The maximum atomic E-state index is 13.3. The molecule has 2 aromatic rings. The maximum absolute atomic E-state index is 13.3. The number of amides is 1. The minimum Gasteiger partial charge on any atom is -0.386 e. The van der Waals surface area contributed by atoms with Gasteiger partial charge in [-0.25, -0.2) is 0 Å². The lowest BCUT2D eigenvalue weighted by molar-refractivity contribution is -0.139. The minimum absolute atomic E-state index is 0.000381. The molecule has 7 nitrogen and oxygen atoms in total. The summed E-state index contributed by atoms with van der Waals surface area (Å²) in [5.74, 6) is -0.383. The normalized spacial score (nSPS) is 26.9. The predicted octanol–water partition coefficient (Wildman–Crippen LogP) is 2.78. The summed E-state index contributed by atoms with van der Waals surface area (Å²) in [5.41, 5.74) is 5.71. The lowest BCUT2D eigenvalue weighted by atomic mass is 9.81. The van der Waals surface area contributed by atoms with Crippen LogP contribution in [0.25, 0.3) is 0 Å². The molecule has 2 aliphatic rings. The number of aliphatic hydroxyl groups is 1. The highest BCUT2D eigenvalue weighted by Gasteiger charge is 2.48. The second-order valence-electron chi connectivity index (χ2n) is 8.32. The van der Waals surface area contributed by atoms with Crippen LogP contribution in [0, 0.1) is 0 Å². The number of aryl methyl sites for hydroxylation is 1. The molecule has 0 aliphatic carbocycles. The highest BCUT2D eigenvalue weighted by atomic mass is 32.1. The van der Waals surface area contributed by atoms with Crippen molar-refractivity contribution in [2.45, 2.75) is 63.2 Å². The summed E-state index contributed by atoms with van der Waals surface area (Å²) < 4.78 is 47.5. The number of likely N-dealkylation sites (tertiary alicyclic amines) is 1. The number of aliphatic hydroxyl groups excluding tert-OH is 1. The Morgan fingerprint density at radius 1 is 1.48 bits per heavy atom. The summed E-state index contributed by atoms with van der Waals surface area (Å²) in [6.45, 7) is 3.74. The highest BCUT2D eigenvalue weighted by molar-refractivity contribution is 7.12. The topological polar surface area (TPSA) is 93.6 Å². The van der Waals surface area contributed by atoms with Gasteiger partial charge in [0.1, 0.15) is 16.6 Å². The van der Waals surface area contributed by atoms with Crippen LogP contribution in [0.3, 0.4) is 0 Å². The van der Waals surface area contributed by atoms with E-state index in [9.17, 15) is 23.1 Å². The number of hydrogen-bond acceptors (Lipinski definition) is 6. The summed E-state index contributed by atoms with van der Waals surface area (Å²) in [6.07, 6.45) is -0.545. The van der Waals surface area contributed by atoms with Crippen molar-refractivity contribution in [2.24, 2.45) is 5.73 Å². The van der Waals surface area contributed by atoms with E-state index in [1.54, 1.807) is 10.9 Å². The zero-order valence-electron chi connectivity index (χ0n) is 17.1. The number of carbonyl (C=O) groups excluding carboxylic acids is 1. The molecule has 3 N–H and O–H groups in total. The molecule has 0 radical (unpaired) electrons. The van der Waals surface area contributed by atoms with Crippen LogP contribution >= 0.6 is 11.3 Å². The first-order chi connectivity index (χ1) is 14.6. The molecule has 31 heavy (non-hydrogen) atoms. The number of rotatable bonds is 5. The molecule has 170 valence electrons. The number of halogens is 3. The zero-order chi connectivity index (χ0) is 22.4. The fourth-order valence-electron chi connectivity index (χ4n) is 4.44. The number of fused-ring (bicyclic) bond motifs is 2. The molecule has 4 heterocycles. The van der Waals surface area contributed by atoms with E-state index < -0.39 is 22.8 Å². The molecule has 0 unspecified atom stereocenters. The third-order valence-electron chi connectivity index (χ3n) is 6.04. The van der Waals surface area contributed by atoms with Crippen LogP contribution in [-0.2, 0) is 34.4 Å². The van der Waals surface area contributed by atoms with E-state index in [0.29, 0.717) is 54.3 Å². The van der Waals surface area contributed by atoms with Gasteiger partial charge in [0.25, 0.3) is 0 Å². The van der Waals surface area contributed by atoms with Crippen LogP contribution in [0.1, 0.15) is 53.2 Å². The van der Waals surface area contributed by atoms with Crippen molar-refractivity contribution >= 4 is 17.2 Å². The Hall–Kier alpha value is -1.95. The molecule has 4 rings (SSSR count). The number of carbonyl (C=O) groups is 1. The summed E-state index contributed by atoms with van der Waals surface area (Å²) in [7, 11) is 0. The molecule has 1 fully saturated rings. The number of hydrogen-bond donors (Lipinski definition) is 2. The van der Waals surface area contributed by atoms with Crippen molar-refractivity contribution < 1.29 is 27.8 Å². The molecule has 1 saturated heterocycles.